The lowest BCUT2D eigenvalue weighted by molar-refractivity contribution is 0.0735. The Balaban J connectivity index is 1.68. The van der Waals surface area contributed by atoms with E-state index in [9.17, 15) is 4.79 Å². The maximum absolute atomic E-state index is 13.1. The minimum absolute atomic E-state index is 0.0301. The van der Waals surface area contributed by atoms with Crippen LogP contribution in [0.5, 0.6) is 0 Å². The predicted molar refractivity (Wildman–Crippen MR) is 94.0 cm³/mol. The van der Waals surface area contributed by atoms with Crippen molar-refractivity contribution in [1.82, 2.24) is 9.88 Å². The molecule has 1 aliphatic rings. The van der Waals surface area contributed by atoms with Gasteiger partial charge in [-0.1, -0.05) is 35.9 Å². The largest absolute Gasteiger partial charge is 0.331 e. The molecule has 0 atom stereocenters. The van der Waals surface area contributed by atoms with E-state index in [-0.39, 0.29) is 5.91 Å². The summed E-state index contributed by atoms with van der Waals surface area (Å²) >= 11 is 7.95. The molecular weight excluding hydrogens is 328 g/mol. The number of carbonyl (C=O) groups excluding carboxylic acids is 1. The number of hydrogen-bond donors (Lipinski definition) is 0. The summed E-state index contributed by atoms with van der Waals surface area (Å²) < 4.78 is 1.05. The lowest BCUT2D eigenvalue weighted by Gasteiger charge is -2.22. The van der Waals surface area contributed by atoms with Crippen molar-refractivity contribution in [2.75, 3.05) is 0 Å². The topological polar surface area (TPSA) is 33.2 Å². The predicted octanol–water partition coefficient (Wildman–Crippen LogP) is 4.75. The molecule has 116 valence electrons. The number of amides is 1. The third kappa shape index (κ3) is 2.84. The third-order valence-corrected chi connectivity index (χ3v) is 5.72. The molecule has 0 spiro atoms. The maximum atomic E-state index is 13.1. The van der Waals surface area contributed by atoms with E-state index in [2.05, 4.69) is 4.98 Å². The number of pyridine rings is 1. The normalized spacial score (nSPS) is 14.1. The molecule has 2 heterocycles. The summed E-state index contributed by atoms with van der Waals surface area (Å²) in [7, 11) is 0. The number of hydrogen-bond acceptors (Lipinski definition) is 3. The van der Waals surface area contributed by atoms with Crippen LogP contribution >= 0.6 is 22.9 Å². The van der Waals surface area contributed by atoms with Crippen LogP contribution in [-0.4, -0.2) is 21.8 Å². The van der Waals surface area contributed by atoms with Gasteiger partial charge >= 0.3 is 0 Å². The van der Waals surface area contributed by atoms with Gasteiger partial charge in [0.2, 0.25) is 0 Å². The van der Waals surface area contributed by atoms with Crippen LogP contribution in [0.2, 0.25) is 5.02 Å². The van der Waals surface area contributed by atoms with Gasteiger partial charge in [-0.3, -0.25) is 9.78 Å². The monoisotopic (exact) mass is 342 g/mol. The average molecular weight is 343 g/mol. The number of nitrogens with zero attached hydrogens (tertiary/aromatic N) is 2. The van der Waals surface area contributed by atoms with E-state index in [1.54, 1.807) is 6.20 Å². The molecule has 23 heavy (non-hydrogen) atoms. The van der Waals surface area contributed by atoms with Crippen LogP contribution in [-0.2, 0) is 6.54 Å². The molecule has 1 aromatic carbocycles. The van der Waals surface area contributed by atoms with Crippen LogP contribution in [0.15, 0.2) is 48.8 Å². The SMILES string of the molecule is O=C(c1sc2ccccc2c1Cl)N(Cc1cccnc1)C1CC1. The van der Waals surface area contributed by atoms with Gasteiger partial charge < -0.3 is 4.90 Å². The minimum Gasteiger partial charge on any atom is -0.331 e. The second-order valence-corrected chi connectivity index (χ2v) is 7.20. The van der Waals surface area contributed by atoms with Crippen LogP contribution in [0, 0.1) is 0 Å². The molecule has 3 nitrogen and oxygen atoms in total. The Bertz CT molecular complexity index is 858. The molecule has 0 bridgehead atoms. The van der Waals surface area contributed by atoms with Crippen molar-refractivity contribution in [2.24, 2.45) is 0 Å². The summed E-state index contributed by atoms with van der Waals surface area (Å²) in [5.41, 5.74) is 1.05. The second kappa shape index (κ2) is 5.95. The van der Waals surface area contributed by atoms with Gasteiger partial charge in [0, 0.05) is 35.1 Å². The lowest BCUT2D eigenvalue weighted by Crippen LogP contribution is -2.32. The van der Waals surface area contributed by atoms with Crippen molar-refractivity contribution in [1.29, 1.82) is 0 Å². The highest BCUT2D eigenvalue weighted by molar-refractivity contribution is 7.21. The Morgan fingerprint density at radius 1 is 1.26 bits per heavy atom. The summed E-state index contributed by atoms with van der Waals surface area (Å²) in [4.78, 5) is 19.8. The van der Waals surface area contributed by atoms with Crippen molar-refractivity contribution in [3.05, 3.63) is 64.3 Å². The Morgan fingerprint density at radius 3 is 2.78 bits per heavy atom. The Morgan fingerprint density at radius 2 is 2.09 bits per heavy atom. The molecule has 5 heteroatoms. The molecule has 0 N–H and O–H groups in total. The summed E-state index contributed by atoms with van der Waals surface area (Å²) in [6.45, 7) is 0.585. The fourth-order valence-corrected chi connectivity index (χ4v) is 4.19. The van der Waals surface area contributed by atoms with Crippen molar-refractivity contribution in [3.63, 3.8) is 0 Å². The number of halogens is 1. The van der Waals surface area contributed by atoms with E-state index in [4.69, 9.17) is 11.6 Å². The molecule has 4 rings (SSSR count). The number of thiophene rings is 1. The van der Waals surface area contributed by atoms with E-state index < -0.39 is 0 Å². The highest BCUT2D eigenvalue weighted by atomic mass is 35.5. The van der Waals surface area contributed by atoms with Gasteiger partial charge in [0.05, 0.1) is 5.02 Å². The van der Waals surface area contributed by atoms with Gasteiger partial charge in [-0.15, -0.1) is 11.3 Å². The molecule has 0 saturated heterocycles. The van der Waals surface area contributed by atoms with E-state index in [0.717, 1.165) is 28.5 Å². The highest BCUT2D eigenvalue weighted by Gasteiger charge is 2.34. The summed E-state index contributed by atoms with van der Waals surface area (Å²) in [5.74, 6) is 0.0301. The fraction of sp³-hybridized carbons (Fsp3) is 0.222. The summed E-state index contributed by atoms with van der Waals surface area (Å²) in [6, 6.07) is 12.1. The van der Waals surface area contributed by atoms with Crippen molar-refractivity contribution in [2.45, 2.75) is 25.4 Å². The zero-order valence-corrected chi connectivity index (χ0v) is 14.0. The van der Waals surface area contributed by atoms with Crippen molar-refractivity contribution < 1.29 is 4.79 Å². The first-order valence-electron chi connectivity index (χ1n) is 7.61. The molecule has 1 saturated carbocycles. The summed E-state index contributed by atoms with van der Waals surface area (Å²) in [5, 5.41) is 1.53. The quantitative estimate of drug-likeness (QED) is 0.685. The second-order valence-electron chi connectivity index (χ2n) is 5.77. The number of rotatable bonds is 4. The van der Waals surface area contributed by atoms with Crippen LogP contribution in [0.1, 0.15) is 28.1 Å². The number of fused-ring (bicyclic) bond motifs is 1. The van der Waals surface area contributed by atoms with E-state index in [1.807, 2.05) is 47.5 Å². The Hall–Kier alpha value is -1.91. The van der Waals surface area contributed by atoms with Crippen LogP contribution < -0.4 is 0 Å². The van der Waals surface area contributed by atoms with Crippen molar-refractivity contribution >= 4 is 38.9 Å². The van der Waals surface area contributed by atoms with Gasteiger partial charge in [0.25, 0.3) is 5.91 Å². The minimum atomic E-state index is 0.0301. The smallest absolute Gasteiger partial charge is 0.266 e. The van der Waals surface area contributed by atoms with Crippen LogP contribution in [0.3, 0.4) is 0 Å². The summed E-state index contributed by atoms with van der Waals surface area (Å²) in [6.07, 6.45) is 5.69. The first-order chi connectivity index (χ1) is 11.2. The maximum Gasteiger partial charge on any atom is 0.266 e. The first-order valence-corrected chi connectivity index (χ1v) is 8.80. The van der Waals surface area contributed by atoms with Gasteiger partial charge in [0.1, 0.15) is 4.88 Å². The average Bonchev–Trinajstić information content (AvgIpc) is 3.37. The molecular formula is C18H15ClN2OS. The van der Waals surface area contributed by atoms with Crippen LogP contribution in [0.4, 0.5) is 0 Å². The molecule has 1 amide bonds. The molecule has 1 fully saturated rings. The Labute approximate surface area is 143 Å². The van der Waals surface area contributed by atoms with Gasteiger partial charge in [-0.2, -0.15) is 0 Å². The molecule has 0 aliphatic heterocycles. The van der Waals surface area contributed by atoms with E-state index in [1.165, 1.54) is 11.3 Å². The first kappa shape index (κ1) is 14.7. The van der Waals surface area contributed by atoms with Crippen LogP contribution in [0.25, 0.3) is 10.1 Å². The van der Waals surface area contributed by atoms with Crippen molar-refractivity contribution in [3.8, 4) is 0 Å². The number of carbonyl (C=O) groups is 1. The fourth-order valence-electron chi connectivity index (χ4n) is 2.72. The molecule has 1 aliphatic carbocycles. The lowest BCUT2D eigenvalue weighted by atomic mass is 10.2. The Kier molecular flexibility index (Phi) is 3.79. The highest BCUT2D eigenvalue weighted by Crippen LogP contribution is 2.38. The molecule has 0 unspecified atom stereocenters. The molecule has 0 radical (unpaired) electrons. The molecule has 3 aromatic rings. The van der Waals surface area contributed by atoms with Gasteiger partial charge in [-0.05, 0) is 30.5 Å². The third-order valence-electron chi connectivity index (χ3n) is 4.05. The number of aromatic nitrogens is 1. The van der Waals surface area contributed by atoms with E-state index in [0.29, 0.717) is 22.5 Å². The van der Waals surface area contributed by atoms with E-state index >= 15 is 0 Å². The number of benzene rings is 1. The standard InChI is InChI=1S/C18H15ClN2OS/c19-16-14-5-1-2-6-15(14)23-17(16)18(22)21(13-7-8-13)11-12-4-3-9-20-10-12/h1-6,9-10,13H,7-8,11H2. The zero-order chi connectivity index (χ0) is 15.8. The zero-order valence-electron chi connectivity index (χ0n) is 12.4. The van der Waals surface area contributed by atoms with Gasteiger partial charge in [-0.25, -0.2) is 0 Å². The molecule has 2 aromatic heterocycles. The van der Waals surface area contributed by atoms with Gasteiger partial charge in [0.15, 0.2) is 0 Å².